The third-order valence-electron chi connectivity index (χ3n) is 4.50. The summed E-state index contributed by atoms with van der Waals surface area (Å²) in [6, 6.07) is 13.5. The van der Waals surface area contributed by atoms with Crippen LogP contribution in [0.1, 0.15) is 26.3 Å². The van der Waals surface area contributed by atoms with Gasteiger partial charge < -0.3 is 20.5 Å². The molecule has 2 aromatic carbocycles. The first-order chi connectivity index (χ1) is 14.3. The molecule has 3 N–H and O–H groups in total. The van der Waals surface area contributed by atoms with Crippen molar-refractivity contribution in [2.75, 3.05) is 17.2 Å². The first-order valence-electron chi connectivity index (χ1n) is 9.43. The second-order valence-corrected chi connectivity index (χ2v) is 7.11. The molecule has 0 aliphatic heterocycles. The average molecular weight is 410 g/mol. The van der Waals surface area contributed by atoms with Gasteiger partial charge in [-0.1, -0.05) is 18.2 Å². The van der Waals surface area contributed by atoms with E-state index in [4.69, 9.17) is 4.74 Å². The Hall–Kier alpha value is -3.68. The molecule has 0 amide bonds. The van der Waals surface area contributed by atoms with E-state index in [2.05, 4.69) is 20.6 Å². The lowest BCUT2D eigenvalue weighted by molar-refractivity contribution is -0.148. The molecule has 0 fully saturated rings. The molecule has 1 heterocycles. The number of carbonyl (C=O) groups excluding carboxylic acids is 1. The van der Waals surface area contributed by atoms with Crippen molar-refractivity contribution in [3.8, 4) is 5.75 Å². The lowest BCUT2D eigenvalue weighted by Crippen LogP contribution is -2.31. The highest BCUT2D eigenvalue weighted by molar-refractivity contribution is 5.82. The molecule has 0 unspecified atom stereocenters. The second kappa shape index (κ2) is 8.77. The minimum absolute atomic E-state index is 0.0295. The summed E-state index contributed by atoms with van der Waals surface area (Å²) in [5, 5.41) is 15.4. The molecule has 8 heteroatoms. The molecule has 0 saturated heterocycles. The molecule has 0 aliphatic rings. The summed E-state index contributed by atoms with van der Waals surface area (Å²) in [6.45, 7) is 5.70. The monoisotopic (exact) mass is 410 g/mol. The van der Waals surface area contributed by atoms with Crippen molar-refractivity contribution in [3.05, 3.63) is 66.1 Å². The maximum absolute atomic E-state index is 14.1. The van der Waals surface area contributed by atoms with Crippen molar-refractivity contribution in [1.29, 1.82) is 0 Å². The van der Waals surface area contributed by atoms with Crippen LogP contribution in [0.25, 0.3) is 0 Å². The molecular formula is C22H23FN4O3. The largest absolute Gasteiger partial charge is 0.508 e. The lowest BCUT2D eigenvalue weighted by Gasteiger charge is -2.23. The molecule has 0 saturated carbocycles. The number of benzene rings is 2. The van der Waals surface area contributed by atoms with Gasteiger partial charge in [-0.25, -0.2) is 9.37 Å². The summed E-state index contributed by atoms with van der Waals surface area (Å²) in [7, 11) is 0. The van der Waals surface area contributed by atoms with Gasteiger partial charge in [0.05, 0.1) is 18.2 Å². The third kappa shape index (κ3) is 4.83. The molecule has 0 radical (unpaired) electrons. The molecule has 30 heavy (non-hydrogen) atoms. The number of carbonyl (C=O) groups is 1. The molecule has 3 rings (SSSR count). The number of ether oxygens (including phenoxy) is 1. The summed E-state index contributed by atoms with van der Waals surface area (Å²) in [5.74, 6) is -0.709. The van der Waals surface area contributed by atoms with Crippen LogP contribution in [0.15, 0.2) is 54.7 Å². The van der Waals surface area contributed by atoms with E-state index in [1.165, 1.54) is 12.1 Å². The van der Waals surface area contributed by atoms with Crippen molar-refractivity contribution in [1.82, 2.24) is 9.97 Å². The van der Waals surface area contributed by atoms with E-state index in [1.807, 2.05) is 12.1 Å². The van der Waals surface area contributed by atoms with E-state index in [0.717, 1.165) is 11.8 Å². The van der Waals surface area contributed by atoms with Crippen LogP contribution in [0.4, 0.5) is 27.5 Å². The fraction of sp³-hybridized carbons (Fsp3) is 0.227. The number of aromatic nitrogens is 2. The summed E-state index contributed by atoms with van der Waals surface area (Å²) < 4.78 is 19.2. The SMILES string of the molecule is CCOC(=O)C(C)(C)c1ccc(Nc2ncc(F)c(Nc3cccc(O)c3)n2)cc1. The molecule has 1 aromatic heterocycles. The van der Waals surface area contributed by atoms with Crippen LogP contribution in [0.2, 0.25) is 0 Å². The average Bonchev–Trinajstić information content (AvgIpc) is 2.71. The van der Waals surface area contributed by atoms with Gasteiger partial charge in [-0.15, -0.1) is 0 Å². The Bertz CT molecular complexity index is 1040. The first kappa shape index (κ1) is 21.0. The Morgan fingerprint density at radius 3 is 2.53 bits per heavy atom. The second-order valence-electron chi connectivity index (χ2n) is 7.11. The number of hydrogen-bond donors (Lipinski definition) is 3. The van der Waals surface area contributed by atoms with Crippen molar-refractivity contribution in [2.45, 2.75) is 26.2 Å². The normalized spacial score (nSPS) is 11.1. The summed E-state index contributed by atoms with van der Waals surface area (Å²) >= 11 is 0. The number of esters is 1. The van der Waals surface area contributed by atoms with Crippen LogP contribution in [0.3, 0.4) is 0 Å². The van der Waals surface area contributed by atoms with Crippen molar-refractivity contribution in [2.24, 2.45) is 0 Å². The predicted octanol–water partition coefficient (Wildman–Crippen LogP) is 4.65. The molecule has 0 bridgehead atoms. The number of nitrogens with zero attached hydrogens (tertiary/aromatic N) is 2. The van der Waals surface area contributed by atoms with Crippen LogP contribution >= 0.6 is 0 Å². The van der Waals surface area contributed by atoms with E-state index in [-0.39, 0.29) is 23.5 Å². The van der Waals surface area contributed by atoms with Crippen LogP contribution in [-0.4, -0.2) is 27.7 Å². The van der Waals surface area contributed by atoms with E-state index in [0.29, 0.717) is 18.0 Å². The molecule has 0 spiro atoms. The standard InChI is InChI=1S/C22H23FN4O3/c1-4-30-20(29)22(2,3)14-8-10-15(11-9-14)26-21-24-13-18(23)19(27-21)25-16-6-5-7-17(28)12-16/h5-13,28H,4H2,1-3H3,(H2,24,25,26,27). The predicted molar refractivity (Wildman–Crippen MR) is 113 cm³/mol. The highest BCUT2D eigenvalue weighted by atomic mass is 19.1. The molecular weight excluding hydrogens is 387 g/mol. The van der Waals surface area contributed by atoms with Gasteiger partial charge in [0.15, 0.2) is 11.6 Å². The van der Waals surface area contributed by atoms with Gasteiger partial charge in [0.1, 0.15) is 5.75 Å². The Morgan fingerprint density at radius 1 is 1.13 bits per heavy atom. The first-order valence-corrected chi connectivity index (χ1v) is 9.43. The third-order valence-corrected chi connectivity index (χ3v) is 4.50. The highest BCUT2D eigenvalue weighted by Crippen LogP contribution is 2.27. The maximum atomic E-state index is 14.1. The van der Waals surface area contributed by atoms with E-state index < -0.39 is 11.2 Å². The van der Waals surface area contributed by atoms with Gasteiger partial charge in [0.2, 0.25) is 5.95 Å². The number of phenolic OH excluding ortho intramolecular Hbond substituents is 1. The number of nitrogens with one attached hydrogen (secondary N) is 2. The Balaban J connectivity index is 1.76. The summed E-state index contributed by atoms with van der Waals surface area (Å²) in [4.78, 5) is 20.3. The van der Waals surface area contributed by atoms with Gasteiger partial charge in [0.25, 0.3) is 0 Å². The molecule has 7 nitrogen and oxygen atoms in total. The van der Waals surface area contributed by atoms with Gasteiger partial charge in [-0.2, -0.15) is 4.98 Å². The fourth-order valence-electron chi connectivity index (χ4n) is 2.76. The number of anilines is 4. The molecule has 0 aliphatic carbocycles. The van der Waals surface area contributed by atoms with Crippen LogP contribution in [-0.2, 0) is 14.9 Å². The van der Waals surface area contributed by atoms with Gasteiger partial charge in [0, 0.05) is 17.4 Å². The van der Waals surface area contributed by atoms with E-state index in [9.17, 15) is 14.3 Å². The Kier molecular flexibility index (Phi) is 6.15. The molecule has 3 aromatic rings. The summed E-state index contributed by atoms with van der Waals surface area (Å²) in [5.41, 5.74) is 1.19. The van der Waals surface area contributed by atoms with E-state index in [1.54, 1.807) is 45.0 Å². The zero-order chi connectivity index (χ0) is 21.7. The van der Waals surface area contributed by atoms with Crippen LogP contribution in [0.5, 0.6) is 5.75 Å². The van der Waals surface area contributed by atoms with Crippen LogP contribution < -0.4 is 10.6 Å². The molecule has 156 valence electrons. The smallest absolute Gasteiger partial charge is 0.315 e. The fourth-order valence-corrected chi connectivity index (χ4v) is 2.76. The summed E-state index contributed by atoms with van der Waals surface area (Å²) in [6.07, 6.45) is 1.05. The number of halogens is 1. The lowest BCUT2D eigenvalue weighted by atomic mass is 9.84. The van der Waals surface area contributed by atoms with Gasteiger partial charge in [-0.05, 0) is 50.6 Å². The van der Waals surface area contributed by atoms with E-state index >= 15 is 0 Å². The number of rotatable bonds is 7. The van der Waals surface area contributed by atoms with Crippen molar-refractivity contribution < 1.29 is 19.0 Å². The highest BCUT2D eigenvalue weighted by Gasteiger charge is 2.31. The van der Waals surface area contributed by atoms with Gasteiger partial charge in [-0.3, -0.25) is 4.79 Å². The Morgan fingerprint density at radius 2 is 1.87 bits per heavy atom. The van der Waals surface area contributed by atoms with Gasteiger partial charge >= 0.3 is 5.97 Å². The minimum Gasteiger partial charge on any atom is -0.508 e. The number of hydrogen-bond acceptors (Lipinski definition) is 7. The maximum Gasteiger partial charge on any atom is 0.315 e. The van der Waals surface area contributed by atoms with Crippen molar-refractivity contribution in [3.63, 3.8) is 0 Å². The number of aromatic hydroxyl groups is 1. The zero-order valence-electron chi connectivity index (χ0n) is 16.9. The van der Waals surface area contributed by atoms with Crippen LogP contribution in [0, 0.1) is 5.82 Å². The number of phenols is 1. The quantitative estimate of drug-likeness (QED) is 0.488. The minimum atomic E-state index is -0.779. The Labute approximate surface area is 174 Å². The molecule has 0 atom stereocenters. The topological polar surface area (TPSA) is 96.4 Å². The zero-order valence-corrected chi connectivity index (χ0v) is 16.9. The van der Waals surface area contributed by atoms with Crippen molar-refractivity contribution >= 4 is 29.1 Å².